The second-order valence-electron chi connectivity index (χ2n) is 7.08. The highest BCUT2D eigenvalue weighted by Gasteiger charge is 2.26. The summed E-state index contributed by atoms with van der Waals surface area (Å²) in [5, 5.41) is 9.25. The largest absolute Gasteiger partial charge is 0.355 e. The summed E-state index contributed by atoms with van der Waals surface area (Å²) in [6, 6.07) is 2.39. The molecule has 1 amide bonds. The van der Waals surface area contributed by atoms with E-state index in [1.807, 2.05) is 18.7 Å². The first-order valence-corrected chi connectivity index (χ1v) is 8.99. The number of amides is 1. The number of fused-ring (bicyclic) bond motifs is 1. The van der Waals surface area contributed by atoms with Crippen LogP contribution in [0.1, 0.15) is 37.9 Å². The number of nitrogens with zero attached hydrogens (tertiary/aromatic N) is 5. The molecular weight excluding hydrogens is 314 g/mol. The van der Waals surface area contributed by atoms with E-state index in [4.69, 9.17) is 0 Å². The van der Waals surface area contributed by atoms with Gasteiger partial charge >= 0.3 is 0 Å². The molecule has 1 saturated heterocycles. The maximum absolute atomic E-state index is 12.3. The third-order valence-electron chi connectivity index (χ3n) is 4.89. The quantitative estimate of drug-likeness (QED) is 0.772. The van der Waals surface area contributed by atoms with Crippen LogP contribution in [0.2, 0.25) is 0 Å². The Morgan fingerprint density at radius 3 is 2.84 bits per heavy atom. The van der Waals surface area contributed by atoms with Crippen molar-refractivity contribution in [1.82, 2.24) is 14.9 Å². The highest BCUT2D eigenvalue weighted by atomic mass is 16.2. The molecule has 1 aromatic heterocycles. The summed E-state index contributed by atoms with van der Waals surface area (Å²) >= 11 is 0. The van der Waals surface area contributed by atoms with Gasteiger partial charge in [0.25, 0.3) is 0 Å². The predicted octanol–water partition coefficient (Wildman–Crippen LogP) is 2.11. The number of aromatic nitrogens is 2. The van der Waals surface area contributed by atoms with E-state index in [-0.39, 0.29) is 11.8 Å². The van der Waals surface area contributed by atoms with E-state index in [9.17, 15) is 10.1 Å². The third kappa shape index (κ3) is 3.98. The SMILES string of the molecule is CC(C)=CC(=O)N1CCc2ncnc(N3CCCC(C#N)C3)c2CC1. The van der Waals surface area contributed by atoms with Gasteiger partial charge in [0.05, 0.1) is 17.7 Å². The lowest BCUT2D eigenvalue weighted by molar-refractivity contribution is -0.125. The smallest absolute Gasteiger partial charge is 0.246 e. The molecule has 132 valence electrons. The van der Waals surface area contributed by atoms with Gasteiger partial charge in [0.15, 0.2) is 0 Å². The van der Waals surface area contributed by atoms with Gasteiger partial charge in [-0.25, -0.2) is 9.97 Å². The highest BCUT2D eigenvalue weighted by molar-refractivity contribution is 5.88. The van der Waals surface area contributed by atoms with Gasteiger partial charge < -0.3 is 9.80 Å². The van der Waals surface area contributed by atoms with Crippen molar-refractivity contribution in [3.8, 4) is 6.07 Å². The van der Waals surface area contributed by atoms with Gasteiger partial charge in [0.1, 0.15) is 12.1 Å². The molecule has 1 aromatic rings. The molecule has 1 fully saturated rings. The third-order valence-corrected chi connectivity index (χ3v) is 4.89. The average Bonchev–Trinajstić information content (AvgIpc) is 2.83. The Bertz CT molecular complexity index is 717. The van der Waals surface area contributed by atoms with Gasteiger partial charge in [-0.2, -0.15) is 5.26 Å². The zero-order chi connectivity index (χ0) is 17.8. The monoisotopic (exact) mass is 339 g/mol. The van der Waals surface area contributed by atoms with E-state index in [1.165, 1.54) is 0 Å². The molecule has 1 atom stereocenters. The Labute approximate surface area is 149 Å². The lowest BCUT2D eigenvalue weighted by Gasteiger charge is -2.32. The standard InChI is InChI=1S/C19H25N5O/c1-14(2)10-18(25)23-8-5-16-17(6-9-23)21-13-22-19(16)24-7-3-4-15(11-20)12-24/h10,13,15H,3-9,12H2,1-2H3. The normalized spacial score (nSPS) is 20.3. The maximum atomic E-state index is 12.3. The van der Waals surface area contributed by atoms with Crippen LogP contribution in [0.3, 0.4) is 0 Å². The fourth-order valence-electron chi connectivity index (χ4n) is 3.62. The van der Waals surface area contributed by atoms with E-state index in [1.54, 1.807) is 12.4 Å². The molecule has 0 saturated carbocycles. The fraction of sp³-hybridized carbons (Fsp3) is 0.579. The molecular formula is C19H25N5O. The van der Waals surface area contributed by atoms with Crippen LogP contribution >= 0.6 is 0 Å². The molecule has 0 aliphatic carbocycles. The maximum Gasteiger partial charge on any atom is 0.246 e. The molecule has 3 rings (SSSR count). The lowest BCUT2D eigenvalue weighted by atomic mass is 9.98. The minimum Gasteiger partial charge on any atom is -0.355 e. The molecule has 1 unspecified atom stereocenters. The molecule has 2 aliphatic rings. The number of piperidine rings is 1. The number of carbonyl (C=O) groups is 1. The predicted molar refractivity (Wildman–Crippen MR) is 96.0 cm³/mol. The summed E-state index contributed by atoms with van der Waals surface area (Å²) in [5.74, 6) is 1.10. The first-order valence-electron chi connectivity index (χ1n) is 8.99. The van der Waals surface area contributed by atoms with E-state index in [2.05, 4.69) is 20.9 Å². The van der Waals surface area contributed by atoms with Crippen molar-refractivity contribution in [1.29, 1.82) is 5.26 Å². The van der Waals surface area contributed by atoms with Crippen LogP contribution in [0.25, 0.3) is 0 Å². The number of nitriles is 1. The van der Waals surface area contributed by atoms with E-state index in [0.717, 1.165) is 61.4 Å². The van der Waals surface area contributed by atoms with Crippen molar-refractivity contribution in [2.24, 2.45) is 5.92 Å². The van der Waals surface area contributed by atoms with Gasteiger partial charge in [0.2, 0.25) is 5.91 Å². The van der Waals surface area contributed by atoms with E-state index < -0.39 is 0 Å². The summed E-state index contributed by atoms with van der Waals surface area (Å²) in [4.78, 5) is 25.5. The average molecular weight is 339 g/mol. The summed E-state index contributed by atoms with van der Waals surface area (Å²) in [7, 11) is 0. The van der Waals surface area contributed by atoms with Crippen LogP contribution < -0.4 is 4.90 Å². The van der Waals surface area contributed by atoms with Gasteiger partial charge in [-0.05, 0) is 33.1 Å². The first-order chi connectivity index (χ1) is 12.1. The molecule has 0 aromatic carbocycles. The molecule has 0 radical (unpaired) electrons. The molecule has 25 heavy (non-hydrogen) atoms. The molecule has 6 nitrogen and oxygen atoms in total. The molecule has 0 N–H and O–H groups in total. The number of allylic oxidation sites excluding steroid dienone is 1. The molecule has 6 heteroatoms. The van der Waals surface area contributed by atoms with Gasteiger partial charge in [-0.15, -0.1) is 0 Å². The Balaban J connectivity index is 1.81. The highest BCUT2D eigenvalue weighted by Crippen LogP contribution is 2.27. The topological polar surface area (TPSA) is 73.1 Å². The first kappa shape index (κ1) is 17.4. The van der Waals surface area contributed by atoms with Crippen LogP contribution in [0.4, 0.5) is 5.82 Å². The van der Waals surface area contributed by atoms with Crippen LogP contribution in [0.5, 0.6) is 0 Å². The zero-order valence-electron chi connectivity index (χ0n) is 15.0. The van der Waals surface area contributed by atoms with Gasteiger partial charge in [0, 0.05) is 44.2 Å². The lowest BCUT2D eigenvalue weighted by Crippen LogP contribution is -2.36. The fourth-order valence-corrected chi connectivity index (χ4v) is 3.62. The van der Waals surface area contributed by atoms with Crippen LogP contribution in [-0.2, 0) is 17.6 Å². The summed E-state index contributed by atoms with van der Waals surface area (Å²) < 4.78 is 0. The number of carbonyl (C=O) groups excluding carboxylic acids is 1. The summed E-state index contributed by atoms with van der Waals surface area (Å²) in [6.45, 7) is 6.92. The summed E-state index contributed by atoms with van der Waals surface area (Å²) in [5.41, 5.74) is 3.20. The van der Waals surface area contributed by atoms with E-state index >= 15 is 0 Å². The van der Waals surface area contributed by atoms with Crippen molar-refractivity contribution in [3.05, 3.63) is 29.2 Å². The zero-order valence-corrected chi connectivity index (χ0v) is 15.0. The molecule has 0 bridgehead atoms. The number of hydrogen-bond acceptors (Lipinski definition) is 5. The second kappa shape index (κ2) is 7.64. The van der Waals surface area contributed by atoms with Gasteiger partial charge in [-0.1, -0.05) is 5.57 Å². The van der Waals surface area contributed by atoms with Crippen LogP contribution in [0, 0.1) is 17.2 Å². The van der Waals surface area contributed by atoms with E-state index in [0.29, 0.717) is 13.1 Å². The Hall–Kier alpha value is -2.42. The Kier molecular flexibility index (Phi) is 5.32. The second-order valence-corrected chi connectivity index (χ2v) is 7.08. The Morgan fingerprint density at radius 2 is 2.08 bits per heavy atom. The summed E-state index contributed by atoms with van der Waals surface area (Å²) in [6.07, 6.45) is 6.82. The van der Waals surface area contributed by atoms with Crippen molar-refractivity contribution >= 4 is 11.7 Å². The van der Waals surface area contributed by atoms with Crippen LogP contribution in [-0.4, -0.2) is 47.0 Å². The van der Waals surface area contributed by atoms with Crippen LogP contribution in [0.15, 0.2) is 18.0 Å². The Morgan fingerprint density at radius 1 is 1.28 bits per heavy atom. The van der Waals surface area contributed by atoms with Crippen molar-refractivity contribution < 1.29 is 4.79 Å². The minimum atomic E-state index is 0.0703. The minimum absolute atomic E-state index is 0.0703. The van der Waals surface area contributed by atoms with Crippen molar-refractivity contribution in [3.63, 3.8) is 0 Å². The molecule has 0 spiro atoms. The number of rotatable bonds is 2. The number of hydrogen-bond donors (Lipinski definition) is 0. The molecule has 2 aliphatic heterocycles. The van der Waals surface area contributed by atoms with Crippen molar-refractivity contribution in [2.45, 2.75) is 39.5 Å². The van der Waals surface area contributed by atoms with Crippen molar-refractivity contribution in [2.75, 3.05) is 31.1 Å². The van der Waals surface area contributed by atoms with Gasteiger partial charge in [-0.3, -0.25) is 4.79 Å². The number of anilines is 1. The molecule has 3 heterocycles.